The molecule has 1 aromatic rings. The smallest absolute Gasteiger partial charge is 0.228 e. The van der Waals surface area contributed by atoms with E-state index < -0.39 is 0 Å². The molecular formula is C11H13ClN2O. The molecule has 0 aliphatic carbocycles. The molecule has 0 atom stereocenters. The first-order valence-corrected chi connectivity index (χ1v) is 5.28. The van der Waals surface area contributed by atoms with E-state index >= 15 is 0 Å². The lowest BCUT2D eigenvalue weighted by molar-refractivity contribution is -0.118. The minimum atomic E-state index is 0.131. The summed E-state index contributed by atoms with van der Waals surface area (Å²) in [5.74, 6) is 0.131. The molecule has 0 aromatic heterocycles. The van der Waals surface area contributed by atoms with E-state index in [1.165, 1.54) is 0 Å². The Labute approximate surface area is 94.0 Å². The molecule has 0 spiro atoms. The number of nitrogens with one attached hydrogen (secondary N) is 1. The first-order chi connectivity index (χ1) is 7.09. The topological polar surface area (TPSA) is 32.3 Å². The predicted octanol–water partition coefficient (Wildman–Crippen LogP) is 2.43. The Morgan fingerprint density at radius 3 is 2.93 bits per heavy atom. The first-order valence-electron chi connectivity index (χ1n) is 4.90. The molecule has 0 fully saturated rings. The number of aryl methyl sites for hydroxylation is 1. The van der Waals surface area contributed by atoms with Crippen LogP contribution in [0.5, 0.6) is 0 Å². The Morgan fingerprint density at radius 2 is 2.20 bits per heavy atom. The molecule has 15 heavy (non-hydrogen) atoms. The zero-order valence-electron chi connectivity index (χ0n) is 8.80. The average molecular weight is 225 g/mol. The van der Waals surface area contributed by atoms with Crippen LogP contribution >= 0.6 is 11.6 Å². The van der Waals surface area contributed by atoms with Crippen molar-refractivity contribution in [3.8, 4) is 0 Å². The Bertz CT molecular complexity index is 417. The molecule has 0 saturated heterocycles. The molecule has 1 amide bonds. The number of anilines is 2. The van der Waals surface area contributed by atoms with E-state index in [0.29, 0.717) is 18.0 Å². The zero-order chi connectivity index (χ0) is 11.0. The normalized spacial score (nSPS) is 15.7. The van der Waals surface area contributed by atoms with Gasteiger partial charge in [0.25, 0.3) is 0 Å². The van der Waals surface area contributed by atoms with Crippen LogP contribution in [0.4, 0.5) is 11.4 Å². The summed E-state index contributed by atoms with van der Waals surface area (Å²) in [7, 11) is 1.80. The van der Waals surface area contributed by atoms with Crippen molar-refractivity contribution in [1.82, 2.24) is 0 Å². The highest BCUT2D eigenvalue weighted by Gasteiger charge is 2.20. The summed E-state index contributed by atoms with van der Waals surface area (Å²) in [4.78, 5) is 13.4. The summed E-state index contributed by atoms with van der Waals surface area (Å²) in [6.07, 6.45) is 0.516. The number of halogens is 1. The van der Waals surface area contributed by atoms with Gasteiger partial charge in [0.05, 0.1) is 11.4 Å². The Balaban J connectivity index is 2.58. The average Bonchev–Trinajstić information content (AvgIpc) is 2.27. The van der Waals surface area contributed by atoms with Crippen molar-refractivity contribution in [2.45, 2.75) is 13.3 Å². The molecule has 1 aromatic carbocycles. The molecule has 0 bridgehead atoms. The zero-order valence-corrected chi connectivity index (χ0v) is 9.56. The number of amides is 1. The standard InChI is InChI=1S/C11H13ClN2O/c1-7-5-8(12)6-9-11(7)14(2)10(15)3-4-13-9/h5-6,13H,3-4H2,1-2H3. The van der Waals surface area contributed by atoms with Gasteiger partial charge in [0, 0.05) is 25.0 Å². The van der Waals surface area contributed by atoms with Crippen LogP contribution in [0, 0.1) is 6.92 Å². The number of hydrogen-bond acceptors (Lipinski definition) is 2. The minimum absolute atomic E-state index is 0.131. The van der Waals surface area contributed by atoms with Gasteiger partial charge < -0.3 is 10.2 Å². The molecule has 0 radical (unpaired) electrons. The molecule has 2 rings (SSSR count). The summed E-state index contributed by atoms with van der Waals surface area (Å²) in [6.45, 7) is 2.62. The Kier molecular flexibility index (Phi) is 2.57. The molecule has 0 saturated carbocycles. The number of fused-ring (bicyclic) bond motifs is 1. The van der Waals surface area contributed by atoms with Crippen LogP contribution in [0.2, 0.25) is 5.02 Å². The molecular weight excluding hydrogens is 212 g/mol. The third-order valence-electron chi connectivity index (χ3n) is 2.63. The molecule has 1 aliphatic rings. The third-order valence-corrected chi connectivity index (χ3v) is 2.85. The van der Waals surface area contributed by atoms with Gasteiger partial charge in [0.1, 0.15) is 0 Å². The molecule has 1 aliphatic heterocycles. The number of benzene rings is 1. The van der Waals surface area contributed by atoms with E-state index in [4.69, 9.17) is 11.6 Å². The summed E-state index contributed by atoms with van der Waals surface area (Å²) in [5, 5.41) is 3.92. The van der Waals surface area contributed by atoms with Crippen molar-refractivity contribution in [2.24, 2.45) is 0 Å². The van der Waals surface area contributed by atoms with Crippen LogP contribution in [-0.2, 0) is 4.79 Å². The van der Waals surface area contributed by atoms with E-state index in [-0.39, 0.29) is 5.91 Å². The van der Waals surface area contributed by atoms with Crippen LogP contribution in [-0.4, -0.2) is 19.5 Å². The highest BCUT2D eigenvalue weighted by atomic mass is 35.5. The summed E-state index contributed by atoms with van der Waals surface area (Å²) >= 11 is 5.98. The minimum Gasteiger partial charge on any atom is -0.383 e. The lowest BCUT2D eigenvalue weighted by Gasteiger charge is -2.19. The quantitative estimate of drug-likeness (QED) is 0.734. The summed E-state index contributed by atoms with van der Waals surface area (Å²) in [5.41, 5.74) is 2.89. The van der Waals surface area contributed by atoms with Gasteiger partial charge in [-0.05, 0) is 24.6 Å². The fraction of sp³-hybridized carbons (Fsp3) is 0.364. The van der Waals surface area contributed by atoms with Crippen molar-refractivity contribution < 1.29 is 4.79 Å². The molecule has 4 heteroatoms. The molecule has 80 valence electrons. The van der Waals surface area contributed by atoms with E-state index in [2.05, 4.69) is 5.32 Å². The maximum atomic E-state index is 11.7. The molecule has 0 unspecified atom stereocenters. The number of rotatable bonds is 0. The van der Waals surface area contributed by atoms with Crippen LogP contribution in [0.25, 0.3) is 0 Å². The number of carbonyl (C=O) groups is 1. The second-order valence-corrected chi connectivity index (χ2v) is 4.18. The van der Waals surface area contributed by atoms with E-state index in [9.17, 15) is 4.79 Å². The van der Waals surface area contributed by atoms with Crippen LogP contribution in [0.15, 0.2) is 12.1 Å². The van der Waals surface area contributed by atoms with Gasteiger partial charge >= 0.3 is 0 Å². The lowest BCUT2D eigenvalue weighted by atomic mass is 10.1. The maximum absolute atomic E-state index is 11.7. The Hall–Kier alpha value is -1.22. The lowest BCUT2D eigenvalue weighted by Crippen LogP contribution is -2.25. The first kappa shape index (κ1) is 10.3. The third kappa shape index (κ3) is 1.79. The fourth-order valence-corrected chi connectivity index (χ4v) is 2.18. The highest BCUT2D eigenvalue weighted by molar-refractivity contribution is 6.31. The maximum Gasteiger partial charge on any atom is 0.228 e. The van der Waals surface area contributed by atoms with Gasteiger partial charge in [0.2, 0.25) is 5.91 Å². The van der Waals surface area contributed by atoms with Crippen LogP contribution < -0.4 is 10.2 Å². The second-order valence-electron chi connectivity index (χ2n) is 3.75. The van der Waals surface area contributed by atoms with Gasteiger partial charge in [-0.3, -0.25) is 4.79 Å². The predicted molar refractivity (Wildman–Crippen MR) is 62.7 cm³/mol. The number of nitrogens with zero attached hydrogens (tertiary/aromatic N) is 1. The molecule has 3 nitrogen and oxygen atoms in total. The fourth-order valence-electron chi connectivity index (χ4n) is 1.91. The summed E-state index contributed by atoms with van der Waals surface area (Å²) in [6, 6.07) is 3.73. The van der Waals surface area contributed by atoms with Crippen molar-refractivity contribution in [1.29, 1.82) is 0 Å². The van der Waals surface area contributed by atoms with Gasteiger partial charge in [0.15, 0.2) is 0 Å². The highest BCUT2D eigenvalue weighted by Crippen LogP contribution is 2.34. The van der Waals surface area contributed by atoms with Gasteiger partial charge in [-0.2, -0.15) is 0 Å². The van der Waals surface area contributed by atoms with Crippen LogP contribution in [0.3, 0.4) is 0 Å². The van der Waals surface area contributed by atoms with Crippen molar-refractivity contribution in [3.63, 3.8) is 0 Å². The monoisotopic (exact) mass is 224 g/mol. The Morgan fingerprint density at radius 1 is 1.47 bits per heavy atom. The van der Waals surface area contributed by atoms with Crippen molar-refractivity contribution in [3.05, 3.63) is 22.7 Å². The summed E-state index contributed by atoms with van der Waals surface area (Å²) < 4.78 is 0. The van der Waals surface area contributed by atoms with E-state index in [1.54, 1.807) is 11.9 Å². The van der Waals surface area contributed by atoms with E-state index in [0.717, 1.165) is 16.9 Å². The largest absolute Gasteiger partial charge is 0.383 e. The van der Waals surface area contributed by atoms with Gasteiger partial charge in [-0.1, -0.05) is 11.6 Å². The van der Waals surface area contributed by atoms with Crippen molar-refractivity contribution >= 4 is 28.9 Å². The number of hydrogen-bond donors (Lipinski definition) is 1. The van der Waals surface area contributed by atoms with Crippen LogP contribution in [0.1, 0.15) is 12.0 Å². The van der Waals surface area contributed by atoms with Gasteiger partial charge in [-0.15, -0.1) is 0 Å². The van der Waals surface area contributed by atoms with Crippen molar-refractivity contribution in [2.75, 3.05) is 23.8 Å². The molecule has 1 heterocycles. The van der Waals surface area contributed by atoms with E-state index in [1.807, 2.05) is 19.1 Å². The second kappa shape index (κ2) is 3.74. The van der Waals surface area contributed by atoms with Gasteiger partial charge in [-0.25, -0.2) is 0 Å². The molecule has 1 N–H and O–H groups in total. The SMILES string of the molecule is Cc1cc(Cl)cc2c1N(C)C(=O)CCN2. The number of carbonyl (C=O) groups excluding carboxylic acids is 1.